The summed E-state index contributed by atoms with van der Waals surface area (Å²) in [6.45, 7) is 14.4. The molecule has 0 fully saturated rings. The first-order valence-corrected chi connectivity index (χ1v) is 12.0. The molecular formula is C28H35N5O2. The van der Waals surface area contributed by atoms with Crippen LogP contribution in [0.1, 0.15) is 74.6 Å². The first-order valence-electron chi connectivity index (χ1n) is 12.0. The number of nitriles is 1. The van der Waals surface area contributed by atoms with Crippen molar-refractivity contribution >= 4 is 11.3 Å². The molecule has 0 saturated heterocycles. The molecule has 7 nitrogen and oxygen atoms in total. The smallest absolute Gasteiger partial charge is 0.349 e. The lowest BCUT2D eigenvalue weighted by Crippen LogP contribution is -2.33. The minimum absolute atomic E-state index is 0.357. The Bertz CT molecular complexity index is 1360. The summed E-state index contributed by atoms with van der Waals surface area (Å²) < 4.78 is 1.05. The van der Waals surface area contributed by atoms with E-state index < -0.39 is 11.2 Å². The van der Waals surface area contributed by atoms with Crippen molar-refractivity contribution in [2.45, 2.75) is 61.3 Å². The Morgan fingerprint density at radius 2 is 1.80 bits per heavy atom. The van der Waals surface area contributed by atoms with Crippen LogP contribution >= 0.6 is 0 Å². The van der Waals surface area contributed by atoms with Gasteiger partial charge >= 0.3 is 5.69 Å². The second-order valence-electron chi connectivity index (χ2n) is 8.51. The molecule has 0 unspecified atom stereocenters. The molecule has 7 heteroatoms. The number of H-pyrrole nitrogens is 1. The third-order valence-electron chi connectivity index (χ3n) is 5.71. The number of allylic oxidation sites excluding steroid dienone is 2. The van der Waals surface area contributed by atoms with E-state index in [0.717, 1.165) is 44.6 Å². The number of aromatic nitrogens is 3. The standard InChI is InChI=1S/C26H29N5O2.C2H6/c1-6-7-20(15(2)3)22-13-18(8-9-23(22)28)12-21-16(4)10-19(11-17(21)5)31-26(33)29-25(32)24(14-27)30-31;1-2/h7-11,13,15H,6,12,28H2,1-5H3,(H,29,32,33);1-2H3/b20-7+;. The van der Waals surface area contributed by atoms with Crippen LogP contribution in [0.4, 0.5) is 5.69 Å². The predicted octanol–water partition coefficient (Wildman–Crippen LogP) is 5.06. The lowest BCUT2D eigenvalue weighted by molar-refractivity contribution is 0.738. The Balaban J connectivity index is 0.00000210. The average Bonchev–Trinajstić information content (AvgIpc) is 2.82. The number of rotatable bonds is 6. The van der Waals surface area contributed by atoms with Gasteiger partial charge in [0.1, 0.15) is 6.07 Å². The number of benzene rings is 2. The summed E-state index contributed by atoms with van der Waals surface area (Å²) in [5.74, 6) is 0.367. The van der Waals surface area contributed by atoms with E-state index in [9.17, 15) is 9.59 Å². The molecule has 0 bridgehead atoms. The van der Waals surface area contributed by atoms with Gasteiger partial charge in [0.15, 0.2) is 0 Å². The third-order valence-corrected chi connectivity index (χ3v) is 5.71. The van der Waals surface area contributed by atoms with Crippen molar-refractivity contribution in [3.63, 3.8) is 0 Å². The normalized spacial score (nSPS) is 11.1. The lowest BCUT2D eigenvalue weighted by atomic mass is 9.89. The first kappa shape index (κ1) is 27.3. The Kier molecular flexibility index (Phi) is 9.35. The molecule has 0 spiro atoms. The average molecular weight is 474 g/mol. The summed E-state index contributed by atoms with van der Waals surface area (Å²) in [6, 6.07) is 11.6. The number of nitrogens with two attached hydrogens (primary N) is 1. The molecule has 35 heavy (non-hydrogen) atoms. The Morgan fingerprint density at radius 1 is 1.17 bits per heavy atom. The number of aromatic amines is 1. The van der Waals surface area contributed by atoms with E-state index in [0.29, 0.717) is 18.0 Å². The van der Waals surface area contributed by atoms with Crippen LogP contribution in [-0.2, 0) is 6.42 Å². The van der Waals surface area contributed by atoms with E-state index in [1.165, 1.54) is 5.57 Å². The van der Waals surface area contributed by atoms with Crippen molar-refractivity contribution in [3.05, 3.63) is 90.8 Å². The van der Waals surface area contributed by atoms with Gasteiger partial charge in [0, 0.05) is 11.3 Å². The summed E-state index contributed by atoms with van der Waals surface area (Å²) >= 11 is 0. The van der Waals surface area contributed by atoms with Gasteiger partial charge in [0.25, 0.3) is 5.56 Å². The lowest BCUT2D eigenvalue weighted by Gasteiger charge is -2.17. The van der Waals surface area contributed by atoms with Gasteiger partial charge in [-0.25, -0.2) is 4.79 Å². The maximum absolute atomic E-state index is 12.3. The third kappa shape index (κ3) is 6.15. The summed E-state index contributed by atoms with van der Waals surface area (Å²) in [7, 11) is 0. The molecule has 1 aromatic heterocycles. The minimum atomic E-state index is -0.791. The Hall–Kier alpha value is -3.92. The van der Waals surface area contributed by atoms with Crippen LogP contribution in [0.25, 0.3) is 11.3 Å². The summed E-state index contributed by atoms with van der Waals surface area (Å²) in [5, 5.41) is 13.0. The van der Waals surface area contributed by atoms with E-state index in [4.69, 9.17) is 11.0 Å². The zero-order valence-electron chi connectivity index (χ0n) is 21.7. The summed E-state index contributed by atoms with van der Waals surface area (Å²) in [6.07, 6.45) is 3.89. The molecule has 0 radical (unpaired) electrons. The van der Waals surface area contributed by atoms with E-state index in [1.807, 2.05) is 52.0 Å². The number of nitrogens with zero attached hydrogens (tertiary/aromatic N) is 3. The van der Waals surface area contributed by atoms with Gasteiger partial charge in [-0.1, -0.05) is 46.8 Å². The van der Waals surface area contributed by atoms with Crippen molar-refractivity contribution in [2.75, 3.05) is 5.73 Å². The molecule has 0 amide bonds. The second kappa shape index (κ2) is 12.0. The van der Waals surface area contributed by atoms with Gasteiger partial charge in [-0.05, 0) is 84.7 Å². The Morgan fingerprint density at radius 3 is 2.34 bits per heavy atom. The van der Waals surface area contributed by atoms with Gasteiger partial charge in [0.05, 0.1) is 5.69 Å². The SMILES string of the molecule is CC.CC/C=C(/c1cc(Cc2c(C)cc(-n3nc(C#N)c(=O)[nH]c3=O)cc2C)ccc1N)C(C)C. The summed E-state index contributed by atoms with van der Waals surface area (Å²) in [4.78, 5) is 26.1. The van der Waals surface area contributed by atoms with Crippen LogP contribution < -0.4 is 17.0 Å². The van der Waals surface area contributed by atoms with Crippen molar-refractivity contribution in [1.82, 2.24) is 14.8 Å². The molecule has 3 aromatic rings. The van der Waals surface area contributed by atoms with E-state index >= 15 is 0 Å². The van der Waals surface area contributed by atoms with Crippen molar-refractivity contribution in [3.8, 4) is 11.8 Å². The van der Waals surface area contributed by atoms with Crippen LogP contribution in [0.15, 0.2) is 46.0 Å². The maximum Gasteiger partial charge on any atom is 0.349 e. The molecule has 0 aliphatic heterocycles. The van der Waals surface area contributed by atoms with Gasteiger partial charge in [-0.15, -0.1) is 5.10 Å². The summed E-state index contributed by atoms with van der Waals surface area (Å²) in [5.41, 5.74) is 12.3. The molecular weight excluding hydrogens is 438 g/mol. The van der Waals surface area contributed by atoms with Crippen molar-refractivity contribution in [2.24, 2.45) is 5.92 Å². The molecule has 184 valence electrons. The van der Waals surface area contributed by atoms with E-state index in [1.54, 1.807) is 6.07 Å². The van der Waals surface area contributed by atoms with Crippen molar-refractivity contribution < 1.29 is 0 Å². The molecule has 0 aliphatic carbocycles. The Labute approximate surface area is 206 Å². The fourth-order valence-corrected chi connectivity index (χ4v) is 4.06. The highest BCUT2D eigenvalue weighted by Crippen LogP contribution is 2.31. The number of hydrogen-bond acceptors (Lipinski definition) is 5. The zero-order valence-corrected chi connectivity index (χ0v) is 21.7. The number of aryl methyl sites for hydroxylation is 2. The fourth-order valence-electron chi connectivity index (χ4n) is 4.06. The minimum Gasteiger partial charge on any atom is -0.398 e. The molecule has 0 atom stereocenters. The number of hydrogen-bond donors (Lipinski definition) is 2. The van der Waals surface area contributed by atoms with Gasteiger partial charge in [0.2, 0.25) is 5.69 Å². The zero-order chi connectivity index (χ0) is 26.3. The topological polar surface area (TPSA) is 118 Å². The highest BCUT2D eigenvalue weighted by Gasteiger charge is 2.14. The highest BCUT2D eigenvalue weighted by molar-refractivity contribution is 5.76. The van der Waals surface area contributed by atoms with Crippen molar-refractivity contribution in [1.29, 1.82) is 5.26 Å². The fraction of sp³-hybridized carbons (Fsp3) is 0.357. The second-order valence-corrected chi connectivity index (χ2v) is 8.51. The maximum atomic E-state index is 12.3. The molecule has 2 aromatic carbocycles. The largest absolute Gasteiger partial charge is 0.398 e. The molecule has 0 saturated carbocycles. The molecule has 1 heterocycles. The quantitative estimate of drug-likeness (QED) is 0.485. The van der Waals surface area contributed by atoms with Crippen LogP contribution in [0.5, 0.6) is 0 Å². The van der Waals surface area contributed by atoms with E-state index in [-0.39, 0.29) is 5.69 Å². The predicted molar refractivity (Wildman–Crippen MR) is 143 cm³/mol. The highest BCUT2D eigenvalue weighted by atomic mass is 16.2. The monoisotopic (exact) mass is 473 g/mol. The van der Waals surface area contributed by atoms with Crippen LogP contribution in [0.2, 0.25) is 0 Å². The molecule has 3 N–H and O–H groups in total. The molecule has 0 aliphatic rings. The van der Waals surface area contributed by atoms with Gasteiger partial charge in [-0.3, -0.25) is 9.78 Å². The number of nitrogens with one attached hydrogen (secondary N) is 1. The van der Waals surface area contributed by atoms with Crippen LogP contribution in [-0.4, -0.2) is 14.8 Å². The van der Waals surface area contributed by atoms with Crippen LogP contribution in [0.3, 0.4) is 0 Å². The number of anilines is 1. The first-order chi connectivity index (χ1) is 16.7. The van der Waals surface area contributed by atoms with Gasteiger partial charge in [-0.2, -0.15) is 9.94 Å². The number of nitrogen functional groups attached to an aromatic ring is 1. The molecule has 3 rings (SSSR count). The van der Waals surface area contributed by atoms with Crippen LogP contribution in [0, 0.1) is 31.1 Å². The van der Waals surface area contributed by atoms with E-state index in [2.05, 4.69) is 43.0 Å². The van der Waals surface area contributed by atoms with Gasteiger partial charge < -0.3 is 5.73 Å².